The SMILES string of the molecule is CCN(CC)c1ccc(N=Nc2nc3sc(N=Nc4ccc(CCO[Si](c5ccccc5)(c5ccccc5)C(C)(C)C)cc4)cc3s2)cc1. The average Bonchev–Trinajstić information content (AvgIpc) is 3.69. The topological polar surface area (TPSA) is 74.8 Å². The van der Waals surface area contributed by atoms with E-state index in [1.807, 2.05) is 30.3 Å². The van der Waals surface area contributed by atoms with E-state index in [0.29, 0.717) is 11.7 Å². The van der Waals surface area contributed by atoms with E-state index in [4.69, 9.17) is 4.43 Å². The second kappa shape index (κ2) is 15.5. The molecule has 0 N–H and O–H groups in total. The molecule has 0 fully saturated rings. The van der Waals surface area contributed by atoms with Gasteiger partial charge in [0.15, 0.2) is 0 Å². The highest BCUT2D eigenvalue weighted by Gasteiger charge is 2.49. The highest BCUT2D eigenvalue weighted by Crippen LogP contribution is 2.39. The van der Waals surface area contributed by atoms with E-state index in [-0.39, 0.29) is 5.04 Å². The van der Waals surface area contributed by atoms with Gasteiger partial charge in [-0.1, -0.05) is 116 Å². The Balaban J connectivity index is 1.07. The van der Waals surface area contributed by atoms with Crippen LogP contribution >= 0.6 is 22.7 Å². The molecule has 0 saturated heterocycles. The Kier molecular flexibility index (Phi) is 10.9. The number of azo groups is 2. The van der Waals surface area contributed by atoms with Gasteiger partial charge in [-0.2, -0.15) is 0 Å². The lowest BCUT2D eigenvalue weighted by molar-refractivity contribution is 0.302. The van der Waals surface area contributed by atoms with Crippen LogP contribution in [0, 0.1) is 0 Å². The van der Waals surface area contributed by atoms with Crippen LogP contribution in [0.5, 0.6) is 0 Å². The smallest absolute Gasteiger partial charge is 0.261 e. The Hall–Kier alpha value is -4.35. The van der Waals surface area contributed by atoms with E-state index in [9.17, 15) is 0 Å². The quantitative estimate of drug-likeness (QED) is 0.0888. The Morgan fingerprint density at radius 2 is 1.27 bits per heavy atom. The van der Waals surface area contributed by atoms with Crippen LogP contribution in [0.1, 0.15) is 40.2 Å². The number of fused-ring (bicyclic) bond motifs is 1. The first kappa shape index (κ1) is 34.5. The number of thiazole rings is 1. The molecule has 2 aromatic heterocycles. The number of aromatic nitrogens is 1. The normalized spacial score (nSPS) is 12.4. The number of thiophene rings is 1. The maximum absolute atomic E-state index is 7.07. The van der Waals surface area contributed by atoms with Gasteiger partial charge in [0, 0.05) is 25.4 Å². The van der Waals surface area contributed by atoms with Gasteiger partial charge in [0.25, 0.3) is 8.32 Å². The summed E-state index contributed by atoms with van der Waals surface area (Å²) >= 11 is 3.01. The summed E-state index contributed by atoms with van der Waals surface area (Å²) in [4.78, 5) is 7.83. The highest BCUT2D eigenvalue weighted by molar-refractivity contribution is 7.30. The molecule has 0 saturated carbocycles. The molecule has 6 aromatic rings. The van der Waals surface area contributed by atoms with Crippen molar-refractivity contribution in [2.75, 3.05) is 24.6 Å². The van der Waals surface area contributed by atoms with Gasteiger partial charge in [-0.05, 0) is 83.7 Å². The van der Waals surface area contributed by atoms with Gasteiger partial charge >= 0.3 is 0 Å². The number of hydrogen-bond acceptors (Lipinski definition) is 9. The summed E-state index contributed by atoms with van der Waals surface area (Å²) < 4.78 is 8.10. The lowest BCUT2D eigenvalue weighted by Gasteiger charge is -2.43. The third-order valence-corrected chi connectivity index (χ3v) is 15.6. The maximum Gasteiger partial charge on any atom is 0.261 e. The van der Waals surface area contributed by atoms with Crippen molar-refractivity contribution in [1.82, 2.24) is 4.98 Å². The molecule has 0 aliphatic heterocycles. The molecule has 4 aromatic carbocycles. The van der Waals surface area contributed by atoms with Crippen molar-refractivity contribution >= 4 is 78.1 Å². The molecular weight excluding hydrogens is 661 g/mol. The molecule has 250 valence electrons. The largest absolute Gasteiger partial charge is 0.407 e. The van der Waals surface area contributed by atoms with E-state index in [1.165, 1.54) is 44.3 Å². The zero-order chi connectivity index (χ0) is 34.3. The maximum atomic E-state index is 7.07. The van der Waals surface area contributed by atoms with Crippen molar-refractivity contribution in [3.05, 3.63) is 121 Å². The Morgan fingerprint density at radius 3 is 1.82 bits per heavy atom. The van der Waals surface area contributed by atoms with Crippen LogP contribution in [-0.4, -0.2) is 33.0 Å². The van der Waals surface area contributed by atoms with Gasteiger partial charge in [0.05, 0.1) is 16.1 Å². The lowest BCUT2D eigenvalue weighted by atomic mass is 10.1. The van der Waals surface area contributed by atoms with Gasteiger partial charge in [-0.15, -0.1) is 20.5 Å². The predicted molar refractivity (Wildman–Crippen MR) is 210 cm³/mol. The summed E-state index contributed by atoms with van der Waals surface area (Å²) in [6, 6.07) is 40.0. The number of hydrogen-bond donors (Lipinski definition) is 0. The van der Waals surface area contributed by atoms with Crippen LogP contribution in [-0.2, 0) is 10.8 Å². The Labute approximate surface area is 298 Å². The number of anilines is 1. The van der Waals surface area contributed by atoms with Gasteiger partial charge in [-0.3, -0.25) is 0 Å². The number of rotatable bonds is 13. The van der Waals surface area contributed by atoms with E-state index < -0.39 is 8.32 Å². The molecule has 0 spiro atoms. The van der Waals surface area contributed by atoms with Gasteiger partial charge in [0.1, 0.15) is 9.83 Å². The van der Waals surface area contributed by atoms with Gasteiger partial charge in [0.2, 0.25) is 5.13 Å². The van der Waals surface area contributed by atoms with Crippen LogP contribution in [0.25, 0.3) is 9.53 Å². The average molecular weight is 703 g/mol. The molecule has 0 amide bonds. The molecule has 0 aliphatic carbocycles. The molecule has 0 aliphatic rings. The third-order valence-electron chi connectivity index (χ3n) is 8.62. The molecule has 49 heavy (non-hydrogen) atoms. The Bertz CT molecular complexity index is 1930. The third kappa shape index (κ3) is 7.94. The first-order valence-electron chi connectivity index (χ1n) is 16.7. The predicted octanol–water partition coefficient (Wildman–Crippen LogP) is 11.2. The zero-order valence-electron chi connectivity index (χ0n) is 28.7. The summed E-state index contributed by atoms with van der Waals surface area (Å²) in [7, 11) is -2.55. The van der Waals surface area contributed by atoms with E-state index in [1.54, 1.807) is 0 Å². The second-order valence-electron chi connectivity index (χ2n) is 12.8. The molecule has 0 radical (unpaired) electrons. The molecular formula is C39H42N6OS2Si. The second-order valence-corrected chi connectivity index (χ2v) is 19.1. The van der Waals surface area contributed by atoms with Crippen LogP contribution < -0.4 is 15.3 Å². The molecule has 7 nitrogen and oxygen atoms in total. The van der Waals surface area contributed by atoms with E-state index in [0.717, 1.165) is 45.4 Å². The molecule has 0 bridgehead atoms. The molecule has 0 atom stereocenters. The molecule has 2 heterocycles. The fourth-order valence-electron chi connectivity index (χ4n) is 6.14. The summed E-state index contributed by atoms with van der Waals surface area (Å²) in [5.74, 6) is 0. The minimum atomic E-state index is -2.55. The van der Waals surface area contributed by atoms with Crippen molar-refractivity contribution in [1.29, 1.82) is 0 Å². The van der Waals surface area contributed by atoms with Crippen LogP contribution in [0.4, 0.5) is 27.2 Å². The minimum absolute atomic E-state index is 0.0461. The van der Waals surface area contributed by atoms with Crippen molar-refractivity contribution in [3.8, 4) is 0 Å². The van der Waals surface area contributed by atoms with Crippen molar-refractivity contribution < 1.29 is 4.43 Å². The van der Waals surface area contributed by atoms with Crippen LogP contribution in [0.3, 0.4) is 0 Å². The fourth-order valence-corrected chi connectivity index (χ4v) is 12.6. The highest BCUT2D eigenvalue weighted by atomic mass is 32.1. The minimum Gasteiger partial charge on any atom is -0.407 e. The number of benzene rings is 4. The summed E-state index contributed by atoms with van der Waals surface area (Å²) in [5, 5.41) is 21.7. The molecule has 10 heteroatoms. The Morgan fingerprint density at radius 1 is 0.694 bits per heavy atom. The lowest BCUT2D eigenvalue weighted by Crippen LogP contribution is -2.66. The summed E-state index contributed by atoms with van der Waals surface area (Å²) in [6.45, 7) is 13.8. The molecule has 0 unspecified atom stereocenters. The molecule has 6 rings (SSSR count). The monoisotopic (exact) mass is 702 g/mol. The van der Waals surface area contributed by atoms with Gasteiger partial charge < -0.3 is 9.33 Å². The summed E-state index contributed by atoms with van der Waals surface area (Å²) in [5.41, 5.74) is 4.01. The standard InChI is InChI=1S/C39H42N6OS2Si/c1-6-45(7-2)32-24-22-31(23-25-32)42-44-38-40-37-35(47-38)28-36(48-37)43-41-30-20-18-29(19-21-30)26-27-46-49(39(3,4)5,33-14-10-8-11-15-33)34-16-12-9-13-17-34/h8-25,28H,6-7,26-27H2,1-5H3. The van der Waals surface area contributed by atoms with Crippen LogP contribution in [0.15, 0.2) is 136 Å². The first-order chi connectivity index (χ1) is 23.8. The van der Waals surface area contributed by atoms with Crippen molar-refractivity contribution in [3.63, 3.8) is 0 Å². The zero-order valence-corrected chi connectivity index (χ0v) is 31.3. The number of nitrogens with zero attached hydrogens (tertiary/aromatic N) is 6. The van der Waals surface area contributed by atoms with Gasteiger partial charge in [-0.25, -0.2) is 4.98 Å². The van der Waals surface area contributed by atoms with Crippen LogP contribution in [0.2, 0.25) is 5.04 Å². The fraction of sp³-hybridized carbons (Fsp3) is 0.256. The summed E-state index contributed by atoms with van der Waals surface area (Å²) in [6.07, 6.45) is 0.816. The first-order valence-corrected chi connectivity index (χ1v) is 20.3. The van der Waals surface area contributed by atoms with Crippen molar-refractivity contribution in [2.45, 2.75) is 46.1 Å². The van der Waals surface area contributed by atoms with E-state index in [2.05, 4.69) is 150 Å². The van der Waals surface area contributed by atoms with E-state index >= 15 is 0 Å². The van der Waals surface area contributed by atoms with Crippen molar-refractivity contribution in [2.24, 2.45) is 20.5 Å².